The van der Waals surface area contributed by atoms with Gasteiger partial charge in [0.2, 0.25) is 0 Å². The van der Waals surface area contributed by atoms with Gasteiger partial charge in [-0.15, -0.1) is 0 Å². The van der Waals surface area contributed by atoms with Crippen molar-refractivity contribution in [3.05, 3.63) is 12.2 Å². The first kappa shape index (κ1) is 24.6. The molecule has 0 saturated carbocycles. The Morgan fingerprint density at radius 1 is 0.783 bits per heavy atom. The van der Waals surface area contributed by atoms with Gasteiger partial charge in [0.05, 0.1) is 0 Å². The summed E-state index contributed by atoms with van der Waals surface area (Å²) >= 11 is -1.44. The first-order chi connectivity index (χ1) is 11.2. The maximum atomic E-state index is 10.3. The van der Waals surface area contributed by atoms with Crippen LogP contribution in [0.4, 0.5) is 0 Å². The first-order valence-corrected chi connectivity index (χ1v) is 9.91. The Kier molecular flexibility index (Phi) is 25.2. The van der Waals surface area contributed by atoms with Crippen LogP contribution in [0.5, 0.6) is 0 Å². The van der Waals surface area contributed by atoms with Crippen molar-refractivity contribution in [3.63, 3.8) is 0 Å². The molecule has 137 valence electrons. The van der Waals surface area contributed by atoms with Crippen LogP contribution in [0.25, 0.3) is 0 Å². The predicted octanol–water partition coefficient (Wildman–Crippen LogP) is 5.87. The second-order valence-electron chi connectivity index (χ2n) is 5.79. The molecule has 0 atom stereocenters. The van der Waals surface area contributed by atoms with Gasteiger partial charge in [0.25, 0.3) is 0 Å². The van der Waals surface area contributed by atoms with Gasteiger partial charge in [0, 0.05) is 6.42 Å². The van der Waals surface area contributed by atoms with E-state index in [0.717, 1.165) is 12.8 Å². The molecular formula is C18H34MnO4. The van der Waals surface area contributed by atoms with Crippen molar-refractivity contribution in [2.45, 2.75) is 96.8 Å². The van der Waals surface area contributed by atoms with Crippen molar-refractivity contribution in [2.24, 2.45) is 0 Å². The van der Waals surface area contributed by atoms with Crippen LogP contribution in [0.3, 0.4) is 0 Å². The summed E-state index contributed by atoms with van der Waals surface area (Å²) in [6.45, 7) is 2.26. The van der Waals surface area contributed by atoms with Crippen molar-refractivity contribution in [3.8, 4) is 0 Å². The van der Waals surface area contributed by atoms with Gasteiger partial charge < -0.3 is 5.11 Å². The third-order valence-electron chi connectivity index (χ3n) is 3.65. The summed E-state index contributed by atoms with van der Waals surface area (Å²) in [5, 5.41) is 8.51. The number of carboxylic acids is 1. The van der Waals surface area contributed by atoms with E-state index in [1.807, 2.05) is 0 Å². The molecule has 0 rings (SSSR count). The third kappa shape index (κ3) is 29.9. The van der Waals surface area contributed by atoms with E-state index in [2.05, 4.69) is 19.1 Å². The molecule has 23 heavy (non-hydrogen) atoms. The molecule has 0 aliphatic carbocycles. The zero-order valence-electron chi connectivity index (χ0n) is 14.6. The molecular weight excluding hydrogens is 335 g/mol. The molecule has 0 aromatic rings. The molecule has 0 amide bonds. The van der Waals surface area contributed by atoms with Gasteiger partial charge in [-0.2, -0.15) is 0 Å². The summed E-state index contributed by atoms with van der Waals surface area (Å²) in [5.41, 5.74) is 0. The van der Waals surface area contributed by atoms with Gasteiger partial charge >= 0.3 is 28.5 Å². The van der Waals surface area contributed by atoms with Gasteiger partial charge in [-0.25, -0.2) is 0 Å². The zero-order chi connectivity index (χ0) is 17.6. The number of hydrogen-bond acceptors (Lipinski definition) is 3. The second kappa shape index (κ2) is 23.6. The summed E-state index contributed by atoms with van der Waals surface area (Å²) in [6.07, 6.45) is 21.2. The Balaban J connectivity index is 0. The van der Waals surface area contributed by atoms with E-state index in [4.69, 9.17) is 12.8 Å². The molecule has 0 unspecified atom stereocenters. The average molecular weight is 369 g/mol. The quantitative estimate of drug-likeness (QED) is 0.223. The fourth-order valence-electron chi connectivity index (χ4n) is 2.35. The van der Waals surface area contributed by atoms with Crippen LogP contribution < -0.4 is 0 Å². The molecule has 5 heteroatoms. The Bertz CT molecular complexity index is 310. The van der Waals surface area contributed by atoms with Gasteiger partial charge in [0.15, 0.2) is 0 Å². The van der Waals surface area contributed by atoms with Gasteiger partial charge in [-0.3, -0.25) is 4.79 Å². The molecule has 0 fully saturated rings. The van der Waals surface area contributed by atoms with Crippen LogP contribution >= 0.6 is 0 Å². The van der Waals surface area contributed by atoms with E-state index in [1.165, 1.54) is 70.6 Å². The van der Waals surface area contributed by atoms with E-state index >= 15 is 0 Å². The molecule has 0 aromatic heterocycles. The van der Waals surface area contributed by atoms with Crippen LogP contribution in [0.15, 0.2) is 12.2 Å². The molecule has 0 aliphatic rings. The van der Waals surface area contributed by atoms with Crippen LogP contribution in [0.1, 0.15) is 96.8 Å². The Labute approximate surface area is 147 Å². The van der Waals surface area contributed by atoms with Gasteiger partial charge in [0.1, 0.15) is 0 Å². The van der Waals surface area contributed by atoms with E-state index in [0.29, 0.717) is 6.42 Å². The monoisotopic (exact) mass is 369 g/mol. The maximum absolute atomic E-state index is 10.3. The van der Waals surface area contributed by atoms with Crippen molar-refractivity contribution >= 4 is 5.97 Å². The van der Waals surface area contributed by atoms with Crippen LogP contribution in [-0.4, -0.2) is 11.1 Å². The minimum absolute atomic E-state index is 0.332. The number of unbranched alkanes of at least 4 members (excludes halogenated alkanes) is 11. The average Bonchev–Trinajstić information content (AvgIpc) is 2.51. The fraction of sp³-hybridized carbons (Fsp3) is 0.833. The van der Waals surface area contributed by atoms with Crippen LogP contribution in [-0.2, 0) is 27.3 Å². The summed E-state index contributed by atoms with van der Waals surface area (Å²) in [7, 11) is 0. The second-order valence-corrected chi connectivity index (χ2v) is 5.99. The van der Waals surface area contributed by atoms with E-state index in [9.17, 15) is 4.79 Å². The first-order valence-electron chi connectivity index (χ1n) is 8.95. The normalized spacial score (nSPS) is 10.3. The number of carbonyl (C=O) groups is 1. The SMILES string of the molecule is CCCCCCCC/C=C\CCCCCCCC(=O)O.[O]=[Mn]=[O]. The summed E-state index contributed by atoms with van der Waals surface area (Å²) in [4.78, 5) is 10.3. The van der Waals surface area contributed by atoms with Crippen molar-refractivity contribution in [1.82, 2.24) is 0 Å². The Morgan fingerprint density at radius 3 is 1.61 bits per heavy atom. The Morgan fingerprint density at radius 2 is 1.17 bits per heavy atom. The third-order valence-corrected chi connectivity index (χ3v) is 3.65. The number of hydrogen-bond donors (Lipinski definition) is 1. The van der Waals surface area contributed by atoms with E-state index in [1.54, 1.807) is 0 Å². The molecule has 0 bridgehead atoms. The van der Waals surface area contributed by atoms with Crippen LogP contribution in [0.2, 0.25) is 0 Å². The molecule has 0 heterocycles. The van der Waals surface area contributed by atoms with Gasteiger partial charge in [-0.1, -0.05) is 70.4 Å². The van der Waals surface area contributed by atoms with Crippen molar-refractivity contribution < 1.29 is 32.4 Å². The van der Waals surface area contributed by atoms with E-state index in [-0.39, 0.29) is 0 Å². The molecule has 1 N–H and O–H groups in total. The molecule has 4 nitrogen and oxygen atoms in total. The fourth-order valence-corrected chi connectivity index (χ4v) is 2.35. The Hall–Kier alpha value is -0.671. The predicted molar refractivity (Wildman–Crippen MR) is 88.5 cm³/mol. The molecule has 0 aromatic carbocycles. The zero-order valence-corrected chi connectivity index (χ0v) is 15.8. The van der Waals surface area contributed by atoms with Crippen molar-refractivity contribution in [2.75, 3.05) is 0 Å². The molecule has 0 aliphatic heterocycles. The number of rotatable bonds is 15. The van der Waals surface area contributed by atoms with Crippen LogP contribution in [0, 0.1) is 0 Å². The minimum atomic E-state index is -1.44. The van der Waals surface area contributed by atoms with E-state index < -0.39 is 20.8 Å². The number of aliphatic carboxylic acids is 1. The molecule has 0 saturated heterocycles. The number of allylic oxidation sites excluding steroid dienone is 2. The summed E-state index contributed by atoms with van der Waals surface area (Å²) in [5.74, 6) is -0.664. The van der Waals surface area contributed by atoms with Crippen molar-refractivity contribution in [1.29, 1.82) is 0 Å². The van der Waals surface area contributed by atoms with Gasteiger partial charge in [-0.05, 0) is 32.1 Å². The molecule has 0 radical (unpaired) electrons. The number of carboxylic acid groups (broad SMARTS) is 1. The standard InChI is InChI=1S/C18H34O2.Mn.2O/c1-2-3-4-5-6-7-8-9-10-11-12-13-14-15-16-17-18(19)20;;;/h9-10H,2-8,11-17H2,1H3,(H,19,20);;;/b10-9-;;;. The topological polar surface area (TPSA) is 71.4 Å². The molecule has 0 spiro atoms. The summed E-state index contributed by atoms with van der Waals surface area (Å²) in [6, 6.07) is 0. The summed E-state index contributed by atoms with van der Waals surface area (Å²) < 4.78 is 16.8.